The first-order valence-corrected chi connectivity index (χ1v) is 5.03. The second kappa shape index (κ2) is 8.97. The zero-order chi connectivity index (χ0) is 10.8. The summed E-state index contributed by atoms with van der Waals surface area (Å²) in [4.78, 5) is 10.4. The maximum atomic E-state index is 10.4. The second-order valence-electron chi connectivity index (χ2n) is 2.90. The zero-order valence-corrected chi connectivity index (χ0v) is 9.25. The number of ether oxygens (including phenoxy) is 3. The first kappa shape index (κ1) is 13.4. The van der Waals surface area contributed by atoms with Crippen LogP contribution in [-0.2, 0) is 19.0 Å². The second-order valence-corrected chi connectivity index (χ2v) is 2.90. The summed E-state index contributed by atoms with van der Waals surface area (Å²) in [5.74, 6) is -0.273. The summed E-state index contributed by atoms with van der Waals surface area (Å²) in [5, 5.41) is 0. The average Bonchev–Trinajstić information content (AvgIpc) is 2.15. The van der Waals surface area contributed by atoms with Gasteiger partial charge in [-0.1, -0.05) is 6.92 Å². The van der Waals surface area contributed by atoms with Crippen molar-refractivity contribution in [3.63, 3.8) is 0 Å². The Labute approximate surface area is 85.5 Å². The topological polar surface area (TPSA) is 44.8 Å². The molecule has 0 aliphatic heterocycles. The average molecular weight is 204 g/mol. The van der Waals surface area contributed by atoms with Crippen LogP contribution >= 0.6 is 0 Å². The summed E-state index contributed by atoms with van der Waals surface area (Å²) in [6.45, 7) is 7.41. The van der Waals surface area contributed by atoms with Gasteiger partial charge in [-0.2, -0.15) is 0 Å². The minimum Gasteiger partial charge on any atom is -0.463 e. The van der Waals surface area contributed by atoms with Crippen LogP contribution < -0.4 is 0 Å². The number of hydrogen-bond acceptors (Lipinski definition) is 4. The van der Waals surface area contributed by atoms with Crippen LogP contribution in [0, 0.1) is 0 Å². The molecule has 0 saturated carbocycles. The molecule has 0 aromatic rings. The largest absolute Gasteiger partial charge is 0.463 e. The highest BCUT2D eigenvalue weighted by atomic mass is 16.6. The van der Waals surface area contributed by atoms with E-state index in [-0.39, 0.29) is 12.1 Å². The van der Waals surface area contributed by atoms with Gasteiger partial charge in [-0.3, -0.25) is 4.79 Å². The van der Waals surface area contributed by atoms with Gasteiger partial charge in [0, 0.05) is 13.5 Å². The summed E-state index contributed by atoms with van der Waals surface area (Å²) in [6, 6.07) is 0. The fraction of sp³-hybridized carbons (Fsp3) is 0.900. The predicted octanol–water partition coefficient (Wildman–Crippen LogP) is 1.38. The third-order valence-corrected chi connectivity index (χ3v) is 1.69. The summed E-state index contributed by atoms with van der Waals surface area (Å²) < 4.78 is 15.4. The van der Waals surface area contributed by atoms with Gasteiger partial charge >= 0.3 is 5.97 Å². The fourth-order valence-electron chi connectivity index (χ4n) is 0.979. The van der Waals surface area contributed by atoms with Crippen LogP contribution in [0.5, 0.6) is 0 Å². The molecule has 4 heteroatoms. The van der Waals surface area contributed by atoms with Gasteiger partial charge in [0.2, 0.25) is 0 Å². The van der Waals surface area contributed by atoms with Gasteiger partial charge in [0.05, 0.1) is 19.3 Å². The SMILES string of the molecule is CCOC(CC)COCCOC(C)=O. The predicted molar refractivity (Wildman–Crippen MR) is 53.2 cm³/mol. The quantitative estimate of drug-likeness (QED) is 0.442. The van der Waals surface area contributed by atoms with E-state index in [0.717, 1.165) is 6.42 Å². The Balaban J connectivity index is 3.28. The number of hydrogen-bond donors (Lipinski definition) is 0. The number of rotatable bonds is 8. The summed E-state index contributed by atoms with van der Waals surface area (Å²) in [5.41, 5.74) is 0. The van der Waals surface area contributed by atoms with E-state index < -0.39 is 0 Å². The standard InChI is InChI=1S/C10H20O4/c1-4-10(13-5-2)8-12-6-7-14-9(3)11/h10H,4-8H2,1-3H3. The molecule has 0 aliphatic carbocycles. The van der Waals surface area contributed by atoms with E-state index in [0.29, 0.717) is 26.4 Å². The molecule has 0 aromatic heterocycles. The van der Waals surface area contributed by atoms with Crippen LogP contribution in [0.2, 0.25) is 0 Å². The maximum absolute atomic E-state index is 10.4. The third kappa shape index (κ3) is 8.01. The molecule has 0 N–H and O–H groups in total. The van der Waals surface area contributed by atoms with Crippen molar-refractivity contribution in [1.82, 2.24) is 0 Å². The first-order chi connectivity index (χ1) is 6.70. The molecule has 0 bridgehead atoms. The molecule has 0 heterocycles. The van der Waals surface area contributed by atoms with E-state index in [9.17, 15) is 4.79 Å². The molecule has 0 fully saturated rings. The molecule has 0 amide bonds. The highest BCUT2D eigenvalue weighted by Crippen LogP contribution is 1.98. The van der Waals surface area contributed by atoms with Crippen LogP contribution in [-0.4, -0.2) is 38.5 Å². The molecule has 0 radical (unpaired) electrons. The Hall–Kier alpha value is -0.610. The molecule has 1 unspecified atom stereocenters. The van der Waals surface area contributed by atoms with Crippen LogP contribution in [0.3, 0.4) is 0 Å². The van der Waals surface area contributed by atoms with Crippen molar-refractivity contribution in [3.8, 4) is 0 Å². The Morgan fingerprint density at radius 3 is 2.50 bits per heavy atom. The Morgan fingerprint density at radius 2 is 2.00 bits per heavy atom. The molecule has 0 aromatic carbocycles. The van der Waals surface area contributed by atoms with Crippen molar-refractivity contribution >= 4 is 5.97 Å². The Bertz CT molecular complexity index is 147. The van der Waals surface area contributed by atoms with Crippen molar-refractivity contribution in [1.29, 1.82) is 0 Å². The van der Waals surface area contributed by atoms with Gasteiger partial charge in [-0.25, -0.2) is 0 Å². The van der Waals surface area contributed by atoms with E-state index in [1.54, 1.807) is 0 Å². The fourth-order valence-corrected chi connectivity index (χ4v) is 0.979. The zero-order valence-electron chi connectivity index (χ0n) is 9.25. The highest BCUT2D eigenvalue weighted by molar-refractivity contribution is 5.65. The molecule has 84 valence electrons. The normalized spacial score (nSPS) is 12.5. The third-order valence-electron chi connectivity index (χ3n) is 1.69. The van der Waals surface area contributed by atoms with Crippen molar-refractivity contribution in [2.45, 2.75) is 33.3 Å². The molecular formula is C10H20O4. The van der Waals surface area contributed by atoms with Gasteiger partial charge in [0.15, 0.2) is 0 Å². The molecule has 4 nitrogen and oxygen atoms in total. The summed E-state index contributed by atoms with van der Waals surface area (Å²) in [6.07, 6.45) is 1.08. The minimum absolute atomic E-state index is 0.150. The molecule has 0 aliphatic rings. The first-order valence-electron chi connectivity index (χ1n) is 5.03. The van der Waals surface area contributed by atoms with Gasteiger partial charge in [0.25, 0.3) is 0 Å². The molecular weight excluding hydrogens is 184 g/mol. The summed E-state index contributed by atoms with van der Waals surface area (Å²) in [7, 11) is 0. The number of carbonyl (C=O) groups is 1. The van der Waals surface area contributed by atoms with Crippen LogP contribution in [0.15, 0.2) is 0 Å². The summed E-state index contributed by atoms with van der Waals surface area (Å²) >= 11 is 0. The van der Waals surface area contributed by atoms with Crippen LogP contribution in [0.1, 0.15) is 27.2 Å². The van der Waals surface area contributed by atoms with Gasteiger partial charge < -0.3 is 14.2 Å². The van der Waals surface area contributed by atoms with Crippen LogP contribution in [0.4, 0.5) is 0 Å². The smallest absolute Gasteiger partial charge is 0.302 e. The van der Waals surface area contributed by atoms with Crippen molar-refractivity contribution < 1.29 is 19.0 Å². The van der Waals surface area contributed by atoms with E-state index in [2.05, 4.69) is 6.92 Å². The lowest BCUT2D eigenvalue weighted by molar-refractivity contribution is -0.142. The van der Waals surface area contributed by atoms with Gasteiger partial charge in [-0.05, 0) is 13.3 Å². The Kier molecular flexibility index (Phi) is 8.57. The van der Waals surface area contributed by atoms with Gasteiger partial charge in [0.1, 0.15) is 6.61 Å². The van der Waals surface area contributed by atoms with E-state index in [1.807, 2.05) is 6.92 Å². The minimum atomic E-state index is -0.273. The molecule has 0 saturated heterocycles. The van der Waals surface area contributed by atoms with Crippen LogP contribution in [0.25, 0.3) is 0 Å². The highest BCUT2D eigenvalue weighted by Gasteiger charge is 2.04. The van der Waals surface area contributed by atoms with Crippen molar-refractivity contribution in [2.75, 3.05) is 26.4 Å². The lowest BCUT2D eigenvalue weighted by atomic mass is 10.3. The van der Waals surface area contributed by atoms with Gasteiger partial charge in [-0.15, -0.1) is 0 Å². The van der Waals surface area contributed by atoms with Crippen molar-refractivity contribution in [2.24, 2.45) is 0 Å². The van der Waals surface area contributed by atoms with E-state index >= 15 is 0 Å². The number of esters is 1. The monoisotopic (exact) mass is 204 g/mol. The molecule has 0 rings (SSSR count). The lowest BCUT2D eigenvalue weighted by Crippen LogP contribution is -2.20. The van der Waals surface area contributed by atoms with E-state index in [4.69, 9.17) is 14.2 Å². The lowest BCUT2D eigenvalue weighted by Gasteiger charge is -2.14. The maximum Gasteiger partial charge on any atom is 0.302 e. The molecule has 0 spiro atoms. The molecule has 14 heavy (non-hydrogen) atoms. The van der Waals surface area contributed by atoms with Crippen molar-refractivity contribution in [3.05, 3.63) is 0 Å². The number of carbonyl (C=O) groups excluding carboxylic acids is 1. The van der Waals surface area contributed by atoms with E-state index in [1.165, 1.54) is 6.92 Å². The Morgan fingerprint density at radius 1 is 1.29 bits per heavy atom. The molecule has 1 atom stereocenters.